The van der Waals surface area contributed by atoms with Crippen LogP contribution >= 0.6 is 11.8 Å². The summed E-state index contributed by atoms with van der Waals surface area (Å²) in [4.78, 5) is 16.0. The molecule has 1 atom stereocenters. The zero-order chi connectivity index (χ0) is 12.5. The number of carbonyl (C=O) groups is 1. The molecule has 1 aliphatic carbocycles. The van der Waals surface area contributed by atoms with Crippen LogP contribution in [0.1, 0.15) is 32.6 Å². The van der Waals surface area contributed by atoms with E-state index in [-0.39, 0.29) is 5.92 Å². The normalized spacial score (nSPS) is 24.1. The van der Waals surface area contributed by atoms with Crippen molar-refractivity contribution < 1.29 is 4.79 Å². The van der Waals surface area contributed by atoms with Crippen LogP contribution in [0.2, 0.25) is 0 Å². The Morgan fingerprint density at radius 3 is 2.78 bits per heavy atom. The predicted octanol–water partition coefficient (Wildman–Crippen LogP) is 3.70. The number of hydrogen-bond donors (Lipinski definition) is 0. The summed E-state index contributed by atoms with van der Waals surface area (Å²) in [5, 5.41) is 0. The summed E-state index contributed by atoms with van der Waals surface area (Å²) < 4.78 is 0. The minimum Gasteiger partial charge on any atom is -0.307 e. The van der Waals surface area contributed by atoms with Crippen LogP contribution < -0.4 is 4.90 Å². The first kappa shape index (κ1) is 12.1. The van der Waals surface area contributed by atoms with Crippen LogP contribution in [0.25, 0.3) is 0 Å². The Hall–Kier alpha value is -0.960. The fourth-order valence-electron chi connectivity index (χ4n) is 3.01. The van der Waals surface area contributed by atoms with Crippen molar-refractivity contribution in [3.8, 4) is 0 Å². The van der Waals surface area contributed by atoms with Gasteiger partial charge in [0.05, 0.1) is 5.69 Å². The average molecular weight is 261 g/mol. The van der Waals surface area contributed by atoms with Gasteiger partial charge in [-0.25, -0.2) is 0 Å². The van der Waals surface area contributed by atoms with Crippen LogP contribution in [0.4, 0.5) is 5.69 Å². The second-order valence-corrected chi connectivity index (χ2v) is 6.38. The van der Waals surface area contributed by atoms with Crippen molar-refractivity contribution in [2.24, 2.45) is 5.92 Å². The van der Waals surface area contributed by atoms with Gasteiger partial charge in [0.2, 0.25) is 5.91 Å². The van der Waals surface area contributed by atoms with Crippen LogP contribution in [0.5, 0.6) is 0 Å². The van der Waals surface area contributed by atoms with E-state index in [1.807, 2.05) is 17.8 Å². The van der Waals surface area contributed by atoms with Gasteiger partial charge in [-0.3, -0.25) is 4.79 Å². The van der Waals surface area contributed by atoms with Gasteiger partial charge in [-0.1, -0.05) is 25.0 Å². The Morgan fingerprint density at radius 1 is 1.28 bits per heavy atom. The molecule has 2 nitrogen and oxygen atoms in total. The minimum atomic E-state index is 0.267. The van der Waals surface area contributed by atoms with Gasteiger partial charge in [-0.15, -0.1) is 11.8 Å². The molecule has 1 saturated carbocycles. The number of thioether (sulfide) groups is 1. The van der Waals surface area contributed by atoms with Crippen LogP contribution in [0, 0.1) is 5.92 Å². The van der Waals surface area contributed by atoms with Gasteiger partial charge < -0.3 is 4.90 Å². The van der Waals surface area contributed by atoms with Gasteiger partial charge in [-0.2, -0.15) is 0 Å². The molecule has 0 saturated heterocycles. The Bertz CT molecular complexity index is 454. The lowest BCUT2D eigenvalue weighted by atomic mass is 10.0. The molecule has 0 radical (unpaired) electrons. The molecule has 0 spiro atoms. The summed E-state index contributed by atoms with van der Waals surface area (Å²) in [6, 6.07) is 8.62. The molecule has 0 N–H and O–H groups in total. The van der Waals surface area contributed by atoms with E-state index in [1.165, 1.54) is 17.7 Å². The third-order valence-electron chi connectivity index (χ3n) is 3.99. The molecule has 2 aliphatic rings. The molecular weight excluding hydrogens is 242 g/mol. The number of anilines is 1. The third kappa shape index (κ3) is 2.05. The first-order chi connectivity index (χ1) is 8.77. The highest BCUT2D eigenvalue weighted by molar-refractivity contribution is 7.99. The summed E-state index contributed by atoms with van der Waals surface area (Å²) in [5.41, 5.74) is 1.12. The maximum Gasteiger partial charge on any atom is 0.230 e. The van der Waals surface area contributed by atoms with E-state index in [9.17, 15) is 4.79 Å². The number of para-hydroxylation sites is 1. The molecule has 1 heterocycles. The molecule has 96 valence electrons. The van der Waals surface area contributed by atoms with E-state index < -0.39 is 0 Å². The number of rotatable bonds is 1. The molecule has 18 heavy (non-hydrogen) atoms. The largest absolute Gasteiger partial charge is 0.307 e. The zero-order valence-corrected chi connectivity index (χ0v) is 11.6. The highest BCUT2D eigenvalue weighted by atomic mass is 32.2. The number of fused-ring (bicyclic) bond motifs is 1. The van der Waals surface area contributed by atoms with E-state index in [0.717, 1.165) is 24.3 Å². The van der Waals surface area contributed by atoms with Crippen LogP contribution in [-0.2, 0) is 4.79 Å². The Kier molecular flexibility index (Phi) is 3.33. The topological polar surface area (TPSA) is 20.3 Å². The monoisotopic (exact) mass is 261 g/mol. The Balaban J connectivity index is 1.92. The Morgan fingerprint density at radius 2 is 2.00 bits per heavy atom. The zero-order valence-electron chi connectivity index (χ0n) is 10.8. The molecule has 1 unspecified atom stereocenters. The smallest absolute Gasteiger partial charge is 0.230 e. The fraction of sp³-hybridized carbons (Fsp3) is 0.533. The molecule has 1 amide bonds. The van der Waals surface area contributed by atoms with Crippen LogP contribution in [0.15, 0.2) is 29.2 Å². The van der Waals surface area contributed by atoms with Gasteiger partial charge in [0, 0.05) is 22.6 Å². The van der Waals surface area contributed by atoms with Crippen molar-refractivity contribution in [1.82, 2.24) is 0 Å². The molecule has 0 aromatic heterocycles. The predicted molar refractivity (Wildman–Crippen MR) is 76.1 cm³/mol. The van der Waals surface area contributed by atoms with E-state index >= 15 is 0 Å². The highest BCUT2D eigenvalue weighted by Gasteiger charge is 2.33. The first-order valence-electron chi connectivity index (χ1n) is 6.82. The molecule has 1 aromatic carbocycles. The summed E-state index contributed by atoms with van der Waals surface area (Å²) in [7, 11) is 0. The molecule has 3 rings (SSSR count). The first-order valence-corrected chi connectivity index (χ1v) is 7.81. The number of carbonyl (C=O) groups excluding carboxylic acids is 1. The number of hydrogen-bond acceptors (Lipinski definition) is 2. The lowest BCUT2D eigenvalue weighted by Crippen LogP contribution is -2.45. The van der Waals surface area contributed by atoms with Gasteiger partial charge in [-0.05, 0) is 31.9 Å². The van der Waals surface area contributed by atoms with Crippen molar-refractivity contribution in [3.63, 3.8) is 0 Å². The minimum absolute atomic E-state index is 0.267. The molecule has 0 bridgehead atoms. The number of amides is 1. The summed E-state index contributed by atoms with van der Waals surface area (Å²) in [6.45, 7) is 2.16. The Labute approximate surface area is 113 Å². The molecule has 1 aliphatic heterocycles. The fourth-order valence-corrected chi connectivity index (χ4v) is 4.06. The maximum atomic E-state index is 12.7. The molecule has 1 fully saturated rings. The van der Waals surface area contributed by atoms with Crippen molar-refractivity contribution in [1.29, 1.82) is 0 Å². The SMILES string of the molecule is CC1CSc2ccccc2N1C(=O)C1CCCC1. The average Bonchev–Trinajstić information content (AvgIpc) is 2.92. The summed E-state index contributed by atoms with van der Waals surface area (Å²) in [6.07, 6.45) is 4.60. The summed E-state index contributed by atoms with van der Waals surface area (Å²) in [5.74, 6) is 1.63. The lowest BCUT2D eigenvalue weighted by Gasteiger charge is -2.36. The van der Waals surface area contributed by atoms with Gasteiger partial charge >= 0.3 is 0 Å². The quantitative estimate of drug-likeness (QED) is 0.768. The van der Waals surface area contributed by atoms with Crippen molar-refractivity contribution >= 4 is 23.4 Å². The van der Waals surface area contributed by atoms with E-state index in [1.54, 1.807) is 0 Å². The van der Waals surface area contributed by atoms with Gasteiger partial charge in [0.25, 0.3) is 0 Å². The second kappa shape index (κ2) is 4.96. The second-order valence-electron chi connectivity index (χ2n) is 5.32. The molecule has 3 heteroatoms. The van der Waals surface area contributed by atoms with Gasteiger partial charge in [0.1, 0.15) is 0 Å². The third-order valence-corrected chi connectivity index (χ3v) is 5.29. The van der Waals surface area contributed by atoms with Crippen LogP contribution in [-0.4, -0.2) is 17.7 Å². The number of nitrogens with zero attached hydrogens (tertiary/aromatic N) is 1. The molecular formula is C15H19NOS. The van der Waals surface area contributed by atoms with E-state index in [4.69, 9.17) is 0 Å². The van der Waals surface area contributed by atoms with E-state index in [0.29, 0.717) is 11.9 Å². The summed E-state index contributed by atoms with van der Waals surface area (Å²) >= 11 is 1.87. The molecule has 1 aromatic rings. The maximum absolute atomic E-state index is 12.7. The van der Waals surface area contributed by atoms with Crippen molar-refractivity contribution in [2.45, 2.75) is 43.5 Å². The van der Waals surface area contributed by atoms with E-state index in [2.05, 4.69) is 30.0 Å². The standard InChI is InChI=1S/C15H19NOS/c1-11-10-18-14-9-5-4-8-13(14)16(11)15(17)12-6-2-3-7-12/h4-5,8-9,11-12H,2-3,6-7,10H2,1H3. The lowest BCUT2D eigenvalue weighted by molar-refractivity contribution is -0.122. The van der Waals surface area contributed by atoms with Gasteiger partial charge in [0.15, 0.2) is 0 Å². The van der Waals surface area contributed by atoms with Crippen molar-refractivity contribution in [2.75, 3.05) is 10.7 Å². The van der Waals surface area contributed by atoms with Crippen molar-refractivity contribution in [3.05, 3.63) is 24.3 Å². The van der Waals surface area contributed by atoms with Crippen LogP contribution in [0.3, 0.4) is 0 Å². The highest BCUT2D eigenvalue weighted by Crippen LogP contribution is 2.39. The number of benzene rings is 1.